The number of aromatic nitrogens is 2. The predicted octanol–water partition coefficient (Wildman–Crippen LogP) is 2.52. The molecule has 0 aliphatic rings. The topological polar surface area (TPSA) is 38.1 Å². The van der Waals surface area contributed by atoms with Crippen LogP contribution in [0, 0.1) is 0 Å². The van der Waals surface area contributed by atoms with Gasteiger partial charge in [-0.3, -0.25) is 9.48 Å². The molecule has 2 rings (SSSR count). The Bertz CT molecular complexity index is 534. The molecule has 0 spiro atoms. The molecule has 0 aromatic carbocycles. The van der Waals surface area contributed by atoms with E-state index in [0.717, 1.165) is 15.0 Å². The Morgan fingerprint density at radius 2 is 2.41 bits per heavy atom. The van der Waals surface area contributed by atoms with Gasteiger partial charge in [0.2, 0.25) is 0 Å². The monoisotopic (exact) mass is 313 g/mol. The fourth-order valence-electron chi connectivity index (χ4n) is 1.48. The summed E-state index contributed by atoms with van der Waals surface area (Å²) in [5.41, 5.74) is 1.01. The molecule has 0 bridgehead atoms. The summed E-state index contributed by atoms with van der Waals surface area (Å²) in [6.45, 7) is 0.560. The molecule has 1 amide bonds. The van der Waals surface area contributed by atoms with E-state index in [2.05, 4.69) is 21.0 Å². The van der Waals surface area contributed by atoms with E-state index in [1.165, 1.54) is 11.3 Å². The van der Waals surface area contributed by atoms with Gasteiger partial charge in [0, 0.05) is 30.1 Å². The van der Waals surface area contributed by atoms with Crippen LogP contribution in [-0.2, 0) is 13.6 Å². The van der Waals surface area contributed by atoms with E-state index in [1.807, 2.05) is 24.6 Å². The fourth-order valence-corrected chi connectivity index (χ4v) is 2.90. The van der Waals surface area contributed by atoms with Crippen molar-refractivity contribution in [1.29, 1.82) is 0 Å². The molecule has 0 radical (unpaired) electrons. The number of thiophene rings is 1. The van der Waals surface area contributed by atoms with Crippen LogP contribution in [0.15, 0.2) is 28.2 Å². The van der Waals surface area contributed by atoms with Gasteiger partial charge in [0.05, 0.1) is 17.1 Å². The Balaban J connectivity index is 2.08. The summed E-state index contributed by atoms with van der Waals surface area (Å²) in [6.07, 6.45) is 1.73. The molecule has 0 unspecified atom stereocenters. The predicted molar refractivity (Wildman–Crippen MR) is 71.0 cm³/mol. The lowest BCUT2D eigenvalue weighted by molar-refractivity contribution is 0.0786. The van der Waals surface area contributed by atoms with E-state index < -0.39 is 0 Å². The van der Waals surface area contributed by atoms with Crippen LogP contribution >= 0.6 is 27.3 Å². The molecule has 0 aliphatic heterocycles. The van der Waals surface area contributed by atoms with Gasteiger partial charge in [-0.2, -0.15) is 5.10 Å². The van der Waals surface area contributed by atoms with Gasteiger partial charge in [-0.15, -0.1) is 11.3 Å². The molecule has 0 aliphatic carbocycles. The second-order valence-electron chi connectivity index (χ2n) is 3.74. The largest absolute Gasteiger partial charge is 0.335 e. The van der Waals surface area contributed by atoms with E-state index in [4.69, 9.17) is 0 Å². The third kappa shape index (κ3) is 2.76. The van der Waals surface area contributed by atoms with Crippen molar-refractivity contribution < 1.29 is 4.79 Å². The van der Waals surface area contributed by atoms with Crippen molar-refractivity contribution in [2.75, 3.05) is 7.05 Å². The first-order valence-corrected chi connectivity index (χ1v) is 6.71. The first-order chi connectivity index (χ1) is 8.08. The minimum atomic E-state index is 0.0295. The molecular weight excluding hydrogens is 302 g/mol. The Morgan fingerprint density at radius 1 is 1.65 bits per heavy atom. The molecular formula is C11H12BrN3OS. The third-order valence-corrected chi connectivity index (χ3v) is 4.13. The summed E-state index contributed by atoms with van der Waals surface area (Å²) in [4.78, 5) is 14.5. The fraction of sp³-hybridized carbons (Fsp3) is 0.273. The Kier molecular flexibility index (Phi) is 3.63. The average Bonchev–Trinajstić information content (AvgIpc) is 2.88. The van der Waals surface area contributed by atoms with Crippen LogP contribution in [0.4, 0.5) is 0 Å². The second kappa shape index (κ2) is 5.01. The Hall–Kier alpha value is -1.14. The van der Waals surface area contributed by atoms with Gasteiger partial charge in [-0.05, 0) is 28.1 Å². The van der Waals surface area contributed by atoms with E-state index >= 15 is 0 Å². The number of carbonyl (C=O) groups excluding carboxylic acids is 1. The standard InChI is InChI=1S/C11H12BrN3OS/c1-14(6-9-3-4-13-15(9)2)11(16)10-5-8(12)7-17-10/h3-5,7H,6H2,1-2H3. The maximum absolute atomic E-state index is 12.1. The zero-order chi connectivity index (χ0) is 12.4. The number of aryl methyl sites for hydroxylation is 1. The summed E-state index contributed by atoms with van der Waals surface area (Å²) in [6, 6.07) is 3.75. The Morgan fingerprint density at radius 3 is 2.94 bits per heavy atom. The van der Waals surface area contributed by atoms with Crippen LogP contribution in [0.25, 0.3) is 0 Å². The van der Waals surface area contributed by atoms with Crippen molar-refractivity contribution in [3.05, 3.63) is 38.8 Å². The van der Waals surface area contributed by atoms with Gasteiger partial charge in [0.1, 0.15) is 0 Å². The number of rotatable bonds is 3. The summed E-state index contributed by atoms with van der Waals surface area (Å²) < 4.78 is 2.72. The smallest absolute Gasteiger partial charge is 0.264 e. The highest BCUT2D eigenvalue weighted by Crippen LogP contribution is 2.21. The average molecular weight is 314 g/mol. The zero-order valence-corrected chi connectivity index (χ0v) is 12.0. The first-order valence-electron chi connectivity index (χ1n) is 5.04. The SMILES string of the molecule is CN(Cc1ccnn1C)C(=O)c1cc(Br)cs1. The minimum Gasteiger partial charge on any atom is -0.335 e. The van der Waals surface area contributed by atoms with Crippen molar-refractivity contribution in [3.8, 4) is 0 Å². The molecule has 2 aromatic heterocycles. The summed E-state index contributed by atoms with van der Waals surface area (Å²) >= 11 is 4.79. The summed E-state index contributed by atoms with van der Waals surface area (Å²) in [5, 5.41) is 5.99. The van der Waals surface area contributed by atoms with Crippen LogP contribution in [0.5, 0.6) is 0 Å². The van der Waals surface area contributed by atoms with E-state index in [-0.39, 0.29) is 5.91 Å². The first kappa shape index (κ1) is 12.3. The highest BCUT2D eigenvalue weighted by Gasteiger charge is 2.15. The number of hydrogen-bond acceptors (Lipinski definition) is 3. The van der Waals surface area contributed by atoms with E-state index in [1.54, 1.807) is 22.8 Å². The van der Waals surface area contributed by atoms with Crippen LogP contribution in [-0.4, -0.2) is 27.6 Å². The molecule has 2 heterocycles. The van der Waals surface area contributed by atoms with Crippen LogP contribution in [0.3, 0.4) is 0 Å². The maximum atomic E-state index is 12.1. The molecule has 2 aromatic rings. The lowest BCUT2D eigenvalue weighted by Crippen LogP contribution is -2.26. The molecule has 4 nitrogen and oxygen atoms in total. The number of amides is 1. The molecule has 90 valence electrons. The molecule has 0 saturated heterocycles. The normalized spacial score (nSPS) is 10.5. The van der Waals surface area contributed by atoms with Crippen LogP contribution in [0.2, 0.25) is 0 Å². The zero-order valence-electron chi connectivity index (χ0n) is 9.55. The van der Waals surface area contributed by atoms with Gasteiger partial charge in [0.25, 0.3) is 5.91 Å². The quantitative estimate of drug-likeness (QED) is 0.873. The number of hydrogen-bond donors (Lipinski definition) is 0. The van der Waals surface area contributed by atoms with Crippen molar-refractivity contribution in [3.63, 3.8) is 0 Å². The lowest BCUT2D eigenvalue weighted by Gasteiger charge is -2.16. The van der Waals surface area contributed by atoms with Gasteiger partial charge >= 0.3 is 0 Å². The van der Waals surface area contributed by atoms with Crippen molar-refractivity contribution >= 4 is 33.2 Å². The highest BCUT2D eigenvalue weighted by molar-refractivity contribution is 9.10. The van der Waals surface area contributed by atoms with E-state index in [0.29, 0.717) is 6.54 Å². The van der Waals surface area contributed by atoms with E-state index in [9.17, 15) is 4.79 Å². The molecule has 0 N–H and O–H groups in total. The Labute approximate surface area is 112 Å². The minimum absolute atomic E-state index is 0.0295. The molecule has 0 saturated carbocycles. The van der Waals surface area contributed by atoms with Gasteiger partial charge in [-0.25, -0.2) is 0 Å². The van der Waals surface area contributed by atoms with Crippen molar-refractivity contribution in [2.45, 2.75) is 6.54 Å². The molecule has 6 heteroatoms. The van der Waals surface area contributed by atoms with Crippen molar-refractivity contribution in [1.82, 2.24) is 14.7 Å². The van der Waals surface area contributed by atoms with Gasteiger partial charge < -0.3 is 4.90 Å². The van der Waals surface area contributed by atoms with Crippen LogP contribution in [0.1, 0.15) is 15.4 Å². The molecule has 0 atom stereocenters. The third-order valence-electron chi connectivity index (χ3n) is 2.45. The molecule has 17 heavy (non-hydrogen) atoms. The number of halogens is 1. The summed E-state index contributed by atoms with van der Waals surface area (Å²) in [5.74, 6) is 0.0295. The number of nitrogens with zero attached hydrogens (tertiary/aromatic N) is 3. The highest BCUT2D eigenvalue weighted by atomic mass is 79.9. The van der Waals surface area contributed by atoms with Crippen LogP contribution < -0.4 is 0 Å². The second-order valence-corrected chi connectivity index (χ2v) is 5.56. The molecule has 0 fully saturated rings. The van der Waals surface area contributed by atoms with Gasteiger partial charge in [0.15, 0.2) is 0 Å². The summed E-state index contributed by atoms with van der Waals surface area (Å²) in [7, 11) is 3.67. The van der Waals surface area contributed by atoms with Gasteiger partial charge in [-0.1, -0.05) is 0 Å². The lowest BCUT2D eigenvalue weighted by atomic mass is 10.3. The number of carbonyl (C=O) groups is 1. The maximum Gasteiger partial charge on any atom is 0.264 e. The van der Waals surface area contributed by atoms with Crippen molar-refractivity contribution in [2.24, 2.45) is 7.05 Å².